The Morgan fingerprint density at radius 1 is 1.21 bits per heavy atom. The molecule has 1 unspecified atom stereocenters. The average molecular weight is 261 g/mol. The maximum Gasteiger partial charge on any atom is 0.253 e. The summed E-state index contributed by atoms with van der Waals surface area (Å²) >= 11 is 0. The Morgan fingerprint density at radius 3 is 2.47 bits per heavy atom. The van der Waals surface area contributed by atoms with Gasteiger partial charge in [-0.1, -0.05) is 6.07 Å². The van der Waals surface area contributed by atoms with E-state index in [9.17, 15) is 9.59 Å². The molecule has 19 heavy (non-hydrogen) atoms. The van der Waals surface area contributed by atoms with E-state index in [0.29, 0.717) is 6.54 Å². The van der Waals surface area contributed by atoms with Crippen LogP contribution in [0.2, 0.25) is 0 Å². The van der Waals surface area contributed by atoms with Gasteiger partial charge in [0.1, 0.15) is 11.4 Å². The van der Waals surface area contributed by atoms with Crippen LogP contribution in [-0.2, 0) is 6.54 Å². The first kappa shape index (κ1) is 13.2. The second-order valence-electron chi connectivity index (χ2n) is 4.31. The molecule has 3 N–H and O–H groups in total. The summed E-state index contributed by atoms with van der Waals surface area (Å²) < 4.78 is 0. The van der Waals surface area contributed by atoms with Gasteiger partial charge in [-0.05, 0) is 19.1 Å². The van der Waals surface area contributed by atoms with Gasteiger partial charge in [-0.15, -0.1) is 0 Å². The highest BCUT2D eigenvalue weighted by Gasteiger charge is 2.20. The summed E-state index contributed by atoms with van der Waals surface area (Å²) in [6.07, 6.45) is 1.07. The molecule has 0 radical (unpaired) electrons. The van der Waals surface area contributed by atoms with Gasteiger partial charge in [-0.3, -0.25) is 14.6 Å². The number of hydrogen-bond donors (Lipinski definition) is 3. The van der Waals surface area contributed by atoms with Gasteiger partial charge in [0.15, 0.2) is 0 Å². The SMILES string of the molecule is CC(O)CNc1c(NCc2ccccn2)c(=O)c1=O. The summed E-state index contributed by atoms with van der Waals surface area (Å²) in [5.74, 6) is 0. The zero-order chi connectivity index (χ0) is 13.8. The fraction of sp³-hybridized carbons (Fsp3) is 0.308. The second-order valence-corrected chi connectivity index (χ2v) is 4.31. The molecule has 0 aliphatic carbocycles. The Hall–Kier alpha value is -2.21. The lowest BCUT2D eigenvalue weighted by Gasteiger charge is -2.15. The highest BCUT2D eigenvalue weighted by atomic mass is 16.3. The number of aliphatic hydroxyl groups is 1. The van der Waals surface area contributed by atoms with Gasteiger partial charge in [0.05, 0.1) is 18.3 Å². The number of aliphatic hydroxyl groups excluding tert-OH is 1. The van der Waals surface area contributed by atoms with Crippen molar-refractivity contribution in [3.63, 3.8) is 0 Å². The van der Waals surface area contributed by atoms with Crippen molar-refractivity contribution in [2.75, 3.05) is 17.2 Å². The van der Waals surface area contributed by atoms with Crippen molar-refractivity contribution < 1.29 is 5.11 Å². The fourth-order valence-electron chi connectivity index (χ4n) is 1.66. The molecular weight excluding hydrogens is 246 g/mol. The molecule has 6 nitrogen and oxygen atoms in total. The standard InChI is InChI=1S/C13H15N3O3/c1-8(17)6-15-10-11(13(19)12(10)18)16-7-9-4-2-3-5-14-9/h2-5,8,15-17H,6-7H2,1H3. The van der Waals surface area contributed by atoms with Crippen molar-refractivity contribution in [2.24, 2.45) is 0 Å². The van der Waals surface area contributed by atoms with E-state index in [4.69, 9.17) is 5.11 Å². The van der Waals surface area contributed by atoms with Crippen LogP contribution in [0.5, 0.6) is 0 Å². The summed E-state index contributed by atoms with van der Waals surface area (Å²) in [5.41, 5.74) is 0.184. The summed E-state index contributed by atoms with van der Waals surface area (Å²) in [4.78, 5) is 26.9. The van der Waals surface area contributed by atoms with Crippen LogP contribution in [0.4, 0.5) is 11.4 Å². The van der Waals surface area contributed by atoms with Crippen LogP contribution in [0.3, 0.4) is 0 Å². The van der Waals surface area contributed by atoms with Crippen molar-refractivity contribution in [2.45, 2.75) is 19.6 Å². The number of pyridine rings is 1. The first-order valence-corrected chi connectivity index (χ1v) is 5.98. The summed E-state index contributed by atoms with van der Waals surface area (Å²) in [7, 11) is 0. The molecular formula is C13H15N3O3. The van der Waals surface area contributed by atoms with E-state index in [1.807, 2.05) is 12.1 Å². The van der Waals surface area contributed by atoms with E-state index in [2.05, 4.69) is 15.6 Å². The van der Waals surface area contributed by atoms with Gasteiger partial charge in [-0.2, -0.15) is 0 Å². The van der Waals surface area contributed by atoms with Crippen LogP contribution in [0.1, 0.15) is 12.6 Å². The molecule has 0 bridgehead atoms. The predicted molar refractivity (Wildman–Crippen MR) is 73.1 cm³/mol. The lowest BCUT2D eigenvalue weighted by Crippen LogP contribution is -2.38. The lowest BCUT2D eigenvalue weighted by atomic mass is 10.2. The maximum atomic E-state index is 11.4. The van der Waals surface area contributed by atoms with E-state index in [0.717, 1.165) is 5.69 Å². The first-order valence-electron chi connectivity index (χ1n) is 5.98. The lowest BCUT2D eigenvalue weighted by molar-refractivity contribution is 0.208. The molecule has 2 aromatic rings. The zero-order valence-corrected chi connectivity index (χ0v) is 10.5. The highest BCUT2D eigenvalue weighted by Crippen LogP contribution is 2.15. The molecule has 0 fully saturated rings. The number of anilines is 2. The summed E-state index contributed by atoms with van der Waals surface area (Å²) in [6, 6.07) is 5.47. The van der Waals surface area contributed by atoms with Crippen molar-refractivity contribution in [3.8, 4) is 0 Å². The first-order chi connectivity index (χ1) is 9.09. The monoisotopic (exact) mass is 261 g/mol. The predicted octanol–water partition coefficient (Wildman–Crippen LogP) is 0.0824. The van der Waals surface area contributed by atoms with Crippen LogP contribution < -0.4 is 21.5 Å². The van der Waals surface area contributed by atoms with Crippen LogP contribution in [0, 0.1) is 0 Å². The molecule has 100 valence electrons. The van der Waals surface area contributed by atoms with Crippen molar-refractivity contribution >= 4 is 11.4 Å². The van der Waals surface area contributed by atoms with Gasteiger partial charge >= 0.3 is 0 Å². The molecule has 1 heterocycles. The Bertz CT molecular complexity index is 616. The molecule has 6 heteroatoms. The zero-order valence-electron chi connectivity index (χ0n) is 10.5. The van der Waals surface area contributed by atoms with Crippen LogP contribution >= 0.6 is 0 Å². The molecule has 0 saturated carbocycles. The van der Waals surface area contributed by atoms with Gasteiger partial charge < -0.3 is 15.7 Å². The normalized spacial score (nSPS) is 12.3. The van der Waals surface area contributed by atoms with Crippen LogP contribution in [0.15, 0.2) is 34.0 Å². The average Bonchev–Trinajstić information content (AvgIpc) is 2.42. The van der Waals surface area contributed by atoms with E-state index < -0.39 is 17.0 Å². The third-order valence-corrected chi connectivity index (χ3v) is 2.66. The smallest absolute Gasteiger partial charge is 0.253 e. The number of aromatic nitrogens is 1. The van der Waals surface area contributed by atoms with Gasteiger partial charge in [0, 0.05) is 12.7 Å². The fourth-order valence-corrected chi connectivity index (χ4v) is 1.66. The Kier molecular flexibility index (Phi) is 3.91. The minimum atomic E-state index is -0.590. The summed E-state index contributed by atoms with van der Waals surface area (Å²) in [6.45, 7) is 2.19. The van der Waals surface area contributed by atoms with Crippen molar-refractivity contribution in [1.29, 1.82) is 0 Å². The molecule has 1 aromatic heterocycles. The number of hydrogen-bond acceptors (Lipinski definition) is 6. The largest absolute Gasteiger partial charge is 0.392 e. The molecule has 1 aromatic carbocycles. The third kappa shape index (κ3) is 2.97. The number of nitrogens with one attached hydrogen (secondary N) is 2. The second kappa shape index (κ2) is 5.62. The van der Waals surface area contributed by atoms with Crippen molar-refractivity contribution in [3.05, 3.63) is 50.5 Å². The molecule has 2 rings (SSSR count). The quantitative estimate of drug-likeness (QED) is 0.638. The van der Waals surface area contributed by atoms with Crippen LogP contribution in [-0.4, -0.2) is 22.7 Å². The molecule has 0 spiro atoms. The minimum absolute atomic E-state index is 0.225. The maximum absolute atomic E-state index is 11.4. The Morgan fingerprint density at radius 2 is 1.89 bits per heavy atom. The van der Waals surface area contributed by atoms with Crippen LogP contribution in [0.25, 0.3) is 0 Å². The third-order valence-electron chi connectivity index (χ3n) is 2.66. The minimum Gasteiger partial charge on any atom is -0.392 e. The molecule has 1 atom stereocenters. The Labute approximate surface area is 109 Å². The Balaban J connectivity index is 2.03. The van der Waals surface area contributed by atoms with Gasteiger partial charge in [0.2, 0.25) is 0 Å². The topological polar surface area (TPSA) is 91.3 Å². The van der Waals surface area contributed by atoms with E-state index in [1.165, 1.54) is 0 Å². The van der Waals surface area contributed by atoms with E-state index >= 15 is 0 Å². The summed E-state index contributed by atoms with van der Waals surface area (Å²) in [5, 5.41) is 14.8. The molecule has 0 amide bonds. The van der Waals surface area contributed by atoms with Crippen molar-refractivity contribution in [1.82, 2.24) is 4.98 Å². The van der Waals surface area contributed by atoms with E-state index in [-0.39, 0.29) is 17.9 Å². The molecule has 0 aliphatic rings. The molecule has 0 aliphatic heterocycles. The van der Waals surface area contributed by atoms with Gasteiger partial charge in [0.25, 0.3) is 10.9 Å². The van der Waals surface area contributed by atoms with Gasteiger partial charge in [-0.25, -0.2) is 0 Å². The number of nitrogens with zero attached hydrogens (tertiary/aromatic N) is 1. The molecule has 0 saturated heterocycles. The van der Waals surface area contributed by atoms with E-state index in [1.54, 1.807) is 19.2 Å². The number of rotatable bonds is 6. The highest BCUT2D eigenvalue weighted by molar-refractivity contribution is 5.73.